The van der Waals surface area contributed by atoms with E-state index in [1.807, 2.05) is 11.7 Å². The lowest BCUT2D eigenvalue weighted by atomic mass is 10.0. The zero-order chi connectivity index (χ0) is 12.7. The number of nitrogens with one attached hydrogen (secondary N) is 1. The average Bonchev–Trinajstić information content (AvgIpc) is 2.94. The van der Waals surface area contributed by atoms with Gasteiger partial charge in [0.1, 0.15) is 0 Å². The van der Waals surface area contributed by atoms with Crippen LogP contribution in [0.4, 0.5) is 0 Å². The molecular weight excluding hydrogens is 264 g/mol. The SMILES string of the molecule is COc1c(CN2C[C@H]3CNC[C@H]3C2)c(C)nn1C.Cl. The molecule has 2 atom stereocenters. The fourth-order valence-electron chi connectivity index (χ4n) is 3.42. The monoisotopic (exact) mass is 286 g/mol. The molecule has 0 saturated carbocycles. The summed E-state index contributed by atoms with van der Waals surface area (Å²) in [6, 6.07) is 0. The van der Waals surface area contributed by atoms with E-state index >= 15 is 0 Å². The van der Waals surface area contributed by atoms with Gasteiger partial charge < -0.3 is 10.1 Å². The second-order valence-electron chi connectivity index (χ2n) is 5.57. The largest absolute Gasteiger partial charge is 0.481 e. The van der Waals surface area contributed by atoms with E-state index in [2.05, 4.69) is 22.2 Å². The maximum Gasteiger partial charge on any atom is 0.216 e. The maximum atomic E-state index is 5.46. The third-order valence-corrected chi connectivity index (χ3v) is 4.33. The van der Waals surface area contributed by atoms with Crippen molar-refractivity contribution in [3.05, 3.63) is 11.3 Å². The van der Waals surface area contributed by atoms with Gasteiger partial charge in [0, 0.05) is 26.7 Å². The van der Waals surface area contributed by atoms with E-state index < -0.39 is 0 Å². The van der Waals surface area contributed by atoms with E-state index in [1.165, 1.54) is 31.7 Å². The highest BCUT2D eigenvalue weighted by molar-refractivity contribution is 5.85. The number of aromatic nitrogens is 2. The van der Waals surface area contributed by atoms with Crippen LogP contribution < -0.4 is 10.1 Å². The Kier molecular flexibility index (Phi) is 4.38. The van der Waals surface area contributed by atoms with Crippen molar-refractivity contribution >= 4 is 12.4 Å². The Balaban J connectivity index is 0.00000133. The van der Waals surface area contributed by atoms with Gasteiger partial charge in [-0.3, -0.25) is 4.90 Å². The quantitative estimate of drug-likeness (QED) is 0.893. The summed E-state index contributed by atoms with van der Waals surface area (Å²) in [4.78, 5) is 2.54. The highest BCUT2D eigenvalue weighted by Crippen LogP contribution is 2.30. The number of halogens is 1. The summed E-state index contributed by atoms with van der Waals surface area (Å²) in [6.07, 6.45) is 0. The van der Waals surface area contributed by atoms with Crippen molar-refractivity contribution in [1.29, 1.82) is 0 Å². The first-order valence-corrected chi connectivity index (χ1v) is 6.68. The van der Waals surface area contributed by atoms with Gasteiger partial charge in [0.05, 0.1) is 18.4 Å². The molecule has 0 radical (unpaired) electrons. The number of ether oxygens (including phenoxy) is 1. The molecule has 2 aliphatic heterocycles. The van der Waals surface area contributed by atoms with Crippen LogP contribution in [0.1, 0.15) is 11.3 Å². The second kappa shape index (κ2) is 5.69. The van der Waals surface area contributed by atoms with Gasteiger partial charge in [-0.15, -0.1) is 12.4 Å². The van der Waals surface area contributed by atoms with Gasteiger partial charge in [-0.05, 0) is 31.8 Å². The molecule has 2 saturated heterocycles. The molecule has 0 unspecified atom stereocenters. The Hall–Kier alpha value is -0.780. The third kappa shape index (κ3) is 2.59. The number of likely N-dealkylation sites (tertiary alicyclic amines) is 1. The van der Waals surface area contributed by atoms with Crippen LogP contribution in [0.25, 0.3) is 0 Å². The minimum Gasteiger partial charge on any atom is -0.481 e. The number of hydrogen-bond donors (Lipinski definition) is 1. The van der Waals surface area contributed by atoms with Crippen molar-refractivity contribution in [3.63, 3.8) is 0 Å². The number of aryl methyl sites for hydroxylation is 2. The summed E-state index contributed by atoms with van der Waals surface area (Å²) in [6.45, 7) is 7.81. The Morgan fingerprint density at radius 3 is 2.53 bits per heavy atom. The first kappa shape index (κ1) is 14.6. The number of fused-ring (bicyclic) bond motifs is 1. The van der Waals surface area contributed by atoms with E-state index in [1.54, 1.807) is 7.11 Å². The highest BCUT2D eigenvalue weighted by Gasteiger charge is 2.36. The molecule has 2 fully saturated rings. The van der Waals surface area contributed by atoms with Crippen molar-refractivity contribution in [2.45, 2.75) is 13.5 Å². The average molecular weight is 287 g/mol. The molecule has 0 aromatic carbocycles. The molecule has 3 rings (SSSR count). The van der Waals surface area contributed by atoms with Crippen molar-refractivity contribution in [1.82, 2.24) is 20.0 Å². The van der Waals surface area contributed by atoms with Crippen LogP contribution >= 0.6 is 12.4 Å². The lowest BCUT2D eigenvalue weighted by Crippen LogP contribution is -2.25. The molecule has 0 aliphatic carbocycles. The predicted octanol–water partition coefficient (Wildman–Crippen LogP) is 0.810. The second-order valence-corrected chi connectivity index (χ2v) is 5.57. The number of methoxy groups -OCH3 is 1. The molecule has 0 amide bonds. The Morgan fingerprint density at radius 1 is 1.32 bits per heavy atom. The third-order valence-electron chi connectivity index (χ3n) is 4.33. The van der Waals surface area contributed by atoms with Gasteiger partial charge in [-0.25, -0.2) is 4.68 Å². The number of hydrogen-bond acceptors (Lipinski definition) is 4. The maximum absolute atomic E-state index is 5.46. The minimum atomic E-state index is 0. The number of nitrogens with zero attached hydrogens (tertiary/aromatic N) is 3. The summed E-state index contributed by atoms with van der Waals surface area (Å²) < 4.78 is 7.30. The molecule has 0 bridgehead atoms. The summed E-state index contributed by atoms with van der Waals surface area (Å²) >= 11 is 0. The van der Waals surface area contributed by atoms with Gasteiger partial charge in [0.15, 0.2) is 0 Å². The summed E-state index contributed by atoms with van der Waals surface area (Å²) in [7, 11) is 3.67. The van der Waals surface area contributed by atoms with E-state index in [-0.39, 0.29) is 12.4 Å². The van der Waals surface area contributed by atoms with E-state index in [9.17, 15) is 0 Å². The predicted molar refractivity (Wildman–Crippen MR) is 76.9 cm³/mol. The zero-order valence-corrected chi connectivity index (χ0v) is 12.7. The van der Waals surface area contributed by atoms with Crippen molar-refractivity contribution < 1.29 is 4.74 Å². The van der Waals surface area contributed by atoms with Crippen molar-refractivity contribution in [2.24, 2.45) is 18.9 Å². The Bertz CT molecular complexity index is 436. The van der Waals surface area contributed by atoms with Gasteiger partial charge >= 0.3 is 0 Å². The lowest BCUT2D eigenvalue weighted by molar-refractivity contribution is 0.295. The van der Waals surface area contributed by atoms with Crippen LogP contribution in [-0.4, -0.2) is 48.0 Å². The molecule has 0 spiro atoms. The summed E-state index contributed by atoms with van der Waals surface area (Å²) in [5, 5.41) is 7.93. The Morgan fingerprint density at radius 2 is 1.95 bits per heavy atom. The standard InChI is InChI=1S/C13H22N4O.ClH/c1-9-12(13(18-3)16(2)15-9)8-17-6-10-4-14-5-11(10)7-17;/h10-11,14H,4-8H2,1-3H3;1H/t10-,11+;. The van der Waals surface area contributed by atoms with Gasteiger partial charge in [0.25, 0.3) is 0 Å². The van der Waals surface area contributed by atoms with Crippen LogP contribution in [0.2, 0.25) is 0 Å². The van der Waals surface area contributed by atoms with E-state index in [0.717, 1.165) is 30.0 Å². The van der Waals surface area contributed by atoms with Crippen molar-refractivity contribution in [3.8, 4) is 5.88 Å². The van der Waals surface area contributed by atoms with Gasteiger partial charge in [0.2, 0.25) is 5.88 Å². The van der Waals surface area contributed by atoms with Crippen LogP contribution in [0.5, 0.6) is 5.88 Å². The fraction of sp³-hybridized carbons (Fsp3) is 0.769. The van der Waals surface area contributed by atoms with Crippen LogP contribution in [0.15, 0.2) is 0 Å². The molecule has 1 N–H and O–H groups in total. The molecule has 1 aromatic rings. The molecule has 19 heavy (non-hydrogen) atoms. The molecule has 6 heteroatoms. The van der Waals surface area contributed by atoms with E-state index in [4.69, 9.17) is 4.74 Å². The molecule has 5 nitrogen and oxygen atoms in total. The molecular formula is C13H23ClN4O. The topological polar surface area (TPSA) is 42.3 Å². The number of rotatable bonds is 3. The highest BCUT2D eigenvalue weighted by atomic mass is 35.5. The molecule has 108 valence electrons. The normalized spacial score (nSPS) is 26.3. The zero-order valence-electron chi connectivity index (χ0n) is 11.8. The lowest BCUT2D eigenvalue weighted by Gasteiger charge is -2.17. The molecule has 2 aliphatic rings. The van der Waals surface area contributed by atoms with Crippen molar-refractivity contribution in [2.75, 3.05) is 33.3 Å². The Labute approximate surface area is 120 Å². The first-order chi connectivity index (χ1) is 8.69. The smallest absolute Gasteiger partial charge is 0.216 e. The fourth-order valence-corrected chi connectivity index (χ4v) is 3.42. The van der Waals surface area contributed by atoms with Crippen LogP contribution in [-0.2, 0) is 13.6 Å². The van der Waals surface area contributed by atoms with E-state index in [0.29, 0.717) is 0 Å². The first-order valence-electron chi connectivity index (χ1n) is 6.68. The van der Waals surface area contributed by atoms with Crippen LogP contribution in [0, 0.1) is 18.8 Å². The summed E-state index contributed by atoms with van der Waals surface area (Å²) in [5.41, 5.74) is 2.33. The van der Waals surface area contributed by atoms with Crippen LogP contribution in [0.3, 0.4) is 0 Å². The minimum absolute atomic E-state index is 0. The summed E-state index contributed by atoms with van der Waals surface area (Å²) in [5.74, 6) is 2.59. The molecule has 1 aromatic heterocycles. The van der Waals surface area contributed by atoms with Gasteiger partial charge in [-0.1, -0.05) is 0 Å². The van der Waals surface area contributed by atoms with Gasteiger partial charge in [-0.2, -0.15) is 5.10 Å². The molecule has 3 heterocycles.